The van der Waals surface area contributed by atoms with E-state index >= 15 is 0 Å². The molecule has 2 aliphatic rings. The zero-order chi connectivity index (χ0) is 21.0. The highest BCUT2D eigenvalue weighted by atomic mass is 16.5. The molecule has 8 nitrogen and oxygen atoms in total. The Bertz CT molecular complexity index is 797. The first kappa shape index (κ1) is 21.0. The molecule has 0 spiro atoms. The number of carbonyl (C=O) groups is 3. The lowest BCUT2D eigenvalue weighted by molar-refractivity contribution is -0.401. The van der Waals surface area contributed by atoms with Crippen LogP contribution in [0.5, 0.6) is 5.75 Å². The van der Waals surface area contributed by atoms with Crippen molar-refractivity contribution in [1.82, 2.24) is 15.1 Å². The fourth-order valence-electron chi connectivity index (χ4n) is 3.79. The Hall–Kier alpha value is -2.74. The van der Waals surface area contributed by atoms with Gasteiger partial charge in [-0.05, 0) is 37.0 Å². The van der Waals surface area contributed by atoms with E-state index in [1.165, 1.54) is 11.6 Å². The minimum absolute atomic E-state index is 0.0460. The molecular weight excluding hydrogens is 372 g/mol. The van der Waals surface area contributed by atoms with E-state index in [-0.39, 0.29) is 23.9 Å². The Morgan fingerprint density at radius 1 is 1.21 bits per heavy atom. The molecule has 0 radical (unpaired) electrons. The number of amides is 4. The quantitative estimate of drug-likeness (QED) is 0.716. The number of methoxy groups -OCH3 is 1. The van der Waals surface area contributed by atoms with Gasteiger partial charge in [-0.15, -0.1) is 0 Å². The van der Waals surface area contributed by atoms with Crippen LogP contribution < -0.4 is 10.1 Å². The van der Waals surface area contributed by atoms with Crippen molar-refractivity contribution >= 4 is 24.1 Å². The van der Waals surface area contributed by atoms with Gasteiger partial charge < -0.3 is 10.1 Å². The summed E-state index contributed by atoms with van der Waals surface area (Å²) in [6.07, 6.45) is 4.38. The molecule has 1 fully saturated rings. The summed E-state index contributed by atoms with van der Waals surface area (Å²) in [5.41, 5.74) is 1.10. The van der Waals surface area contributed by atoms with Crippen molar-refractivity contribution in [3.63, 3.8) is 0 Å². The number of likely N-dealkylation sites (N-methyl/N-ethyl adjacent to an activating group) is 1. The van der Waals surface area contributed by atoms with E-state index in [9.17, 15) is 14.4 Å². The van der Waals surface area contributed by atoms with Crippen LogP contribution in [0, 0.1) is 0 Å². The summed E-state index contributed by atoms with van der Waals surface area (Å²) in [6.45, 7) is 1.40. The molecule has 2 heterocycles. The van der Waals surface area contributed by atoms with E-state index in [1.807, 2.05) is 24.3 Å². The van der Waals surface area contributed by atoms with E-state index in [0.29, 0.717) is 25.9 Å². The number of benzene rings is 1. The van der Waals surface area contributed by atoms with Crippen LogP contribution in [-0.4, -0.2) is 84.8 Å². The van der Waals surface area contributed by atoms with Crippen LogP contribution in [0.1, 0.15) is 24.8 Å². The Morgan fingerprint density at radius 2 is 1.86 bits per heavy atom. The number of nitrogens with zero attached hydrogens (tertiary/aromatic N) is 3. The summed E-state index contributed by atoms with van der Waals surface area (Å²) in [5, 5.41) is 3.11. The van der Waals surface area contributed by atoms with Crippen molar-refractivity contribution in [3.05, 3.63) is 29.8 Å². The minimum atomic E-state index is -0.422. The third-order valence-corrected chi connectivity index (χ3v) is 5.62. The molecule has 1 N–H and O–H groups in total. The van der Waals surface area contributed by atoms with Gasteiger partial charge in [0, 0.05) is 25.6 Å². The van der Waals surface area contributed by atoms with Gasteiger partial charge >= 0.3 is 11.9 Å². The molecule has 1 aromatic rings. The number of imide groups is 1. The molecule has 2 aliphatic heterocycles. The standard InChI is InChI=1S/C21H28N4O4/c1-23-14-18(20(27)24(2)21(23)28)25-12-10-16(11-13-25)22-19(26)9-6-15-4-7-17(29-3)8-5-15/h4-5,7-8,14,16,18H,6,9-13H2,1-3H3/p+1. The summed E-state index contributed by atoms with van der Waals surface area (Å²) >= 11 is 0. The van der Waals surface area contributed by atoms with Crippen LogP contribution in [0.4, 0.5) is 4.79 Å². The molecule has 1 unspecified atom stereocenters. The van der Waals surface area contributed by atoms with Crippen LogP contribution >= 0.6 is 0 Å². The number of nitrogens with one attached hydrogen (secondary N) is 1. The first-order valence-electron chi connectivity index (χ1n) is 9.94. The predicted molar refractivity (Wildman–Crippen MR) is 108 cm³/mol. The molecule has 0 bridgehead atoms. The summed E-state index contributed by atoms with van der Waals surface area (Å²) < 4.78 is 6.60. The number of ether oxygens (including phenoxy) is 1. The van der Waals surface area contributed by atoms with Crippen LogP contribution in [0.2, 0.25) is 0 Å². The molecule has 1 aromatic carbocycles. The van der Waals surface area contributed by atoms with Crippen LogP contribution in [0.15, 0.2) is 24.3 Å². The number of likely N-dealkylation sites (tertiary alicyclic amines) is 1. The van der Waals surface area contributed by atoms with Gasteiger partial charge in [0.05, 0.1) is 21.2 Å². The van der Waals surface area contributed by atoms with Crippen molar-refractivity contribution in [2.75, 3.05) is 34.3 Å². The number of piperidine rings is 1. The van der Waals surface area contributed by atoms with Gasteiger partial charge in [0.25, 0.3) is 0 Å². The zero-order valence-electron chi connectivity index (χ0n) is 17.3. The Labute approximate surface area is 171 Å². The maximum atomic E-state index is 12.4. The Kier molecular flexibility index (Phi) is 6.64. The number of urea groups is 1. The molecule has 1 saturated heterocycles. The van der Waals surface area contributed by atoms with Crippen molar-refractivity contribution < 1.29 is 23.7 Å². The van der Waals surface area contributed by atoms with E-state index in [2.05, 4.69) is 10.2 Å². The molecule has 1 atom stereocenters. The summed E-state index contributed by atoms with van der Waals surface area (Å²) in [5.74, 6) is 0.653. The van der Waals surface area contributed by atoms with Gasteiger partial charge in [-0.1, -0.05) is 12.1 Å². The Morgan fingerprint density at radius 3 is 2.48 bits per heavy atom. The highest BCUT2D eigenvalue weighted by Crippen LogP contribution is 2.17. The maximum absolute atomic E-state index is 12.4. The lowest BCUT2D eigenvalue weighted by atomic mass is 10.0. The topological polar surface area (TPSA) is 82.0 Å². The summed E-state index contributed by atoms with van der Waals surface area (Å²) in [4.78, 5) is 39.8. The van der Waals surface area contributed by atoms with E-state index in [1.54, 1.807) is 20.4 Å². The second kappa shape index (κ2) is 9.17. The van der Waals surface area contributed by atoms with E-state index in [4.69, 9.17) is 4.74 Å². The SMILES string of the molecule is COc1ccc(CCC(=O)NC2CCN(C3C=[N+](C)C(=O)N(C)C3=O)CC2)cc1. The monoisotopic (exact) mass is 401 g/mol. The predicted octanol–water partition coefficient (Wildman–Crippen LogP) is 0.882. The fraction of sp³-hybridized carbons (Fsp3) is 0.524. The van der Waals surface area contributed by atoms with Gasteiger partial charge in [-0.2, -0.15) is 9.69 Å². The van der Waals surface area contributed by atoms with Crippen molar-refractivity contribution in [1.29, 1.82) is 0 Å². The molecule has 0 saturated carbocycles. The van der Waals surface area contributed by atoms with E-state index < -0.39 is 6.04 Å². The number of rotatable bonds is 6. The van der Waals surface area contributed by atoms with Crippen LogP contribution in [0.3, 0.4) is 0 Å². The summed E-state index contributed by atoms with van der Waals surface area (Å²) in [6, 6.07) is 7.12. The van der Waals surface area contributed by atoms with Gasteiger partial charge in [0.1, 0.15) is 12.0 Å². The number of carbonyl (C=O) groups excluding carboxylic acids is 3. The first-order valence-corrected chi connectivity index (χ1v) is 9.94. The van der Waals surface area contributed by atoms with Gasteiger partial charge in [-0.25, -0.2) is 9.37 Å². The second-order valence-electron chi connectivity index (χ2n) is 7.61. The summed E-state index contributed by atoms with van der Waals surface area (Å²) in [7, 11) is 4.80. The lowest BCUT2D eigenvalue weighted by Gasteiger charge is -2.36. The lowest BCUT2D eigenvalue weighted by Crippen LogP contribution is -2.59. The molecular formula is C21H29N4O4+. The highest BCUT2D eigenvalue weighted by Gasteiger charge is 2.42. The molecule has 156 valence electrons. The van der Waals surface area contributed by atoms with Crippen molar-refractivity contribution in [3.8, 4) is 5.75 Å². The third-order valence-electron chi connectivity index (χ3n) is 5.62. The maximum Gasteiger partial charge on any atom is 0.500 e. The molecule has 8 heteroatoms. The zero-order valence-corrected chi connectivity index (χ0v) is 17.3. The first-order chi connectivity index (χ1) is 13.9. The van der Waals surface area contributed by atoms with Gasteiger partial charge in [-0.3, -0.25) is 9.69 Å². The van der Waals surface area contributed by atoms with Gasteiger partial charge in [0.15, 0.2) is 6.04 Å². The highest BCUT2D eigenvalue weighted by molar-refractivity contribution is 6.06. The van der Waals surface area contributed by atoms with Crippen LogP contribution in [0.25, 0.3) is 0 Å². The van der Waals surface area contributed by atoms with Crippen molar-refractivity contribution in [2.24, 2.45) is 0 Å². The number of hydrogen-bond donors (Lipinski definition) is 1. The largest absolute Gasteiger partial charge is 0.500 e. The van der Waals surface area contributed by atoms with Gasteiger partial charge in [0.2, 0.25) is 5.91 Å². The normalized spacial score (nSPS) is 21.1. The van der Waals surface area contributed by atoms with Crippen molar-refractivity contribution in [2.45, 2.75) is 37.8 Å². The molecule has 4 amide bonds. The molecule has 29 heavy (non-hydrogen) atoms. The molecule has 0 aliphatic carbocycles. The average Bonchev–Trinajstić information content (AvgIpc) is 2.74. The van der Waals surface area contributed by atoms with E-state index in [0.717, 1.165) is 29.1 Å². The number of aryl methyl sites for hydroxylation is 1. The van der Waals surface area contributed by atoms with Crippen LogP contribution in [-0.2, 0) is 16.0 Å². The second-order valence-corrected chi connectivity index (χ2v) is 7.61. The smallest absolute Gasteiger partial charge is 0.497 e. The molecule has 0 aromatic heterocycles. The fourth-order valence-corrected chi connectivity index (χ4v) is 3.79. The molecule has 3 rings (SSSR count). The minimum Gasteiger partial charge on any atom is -0.497 e. The third kappa shape index (κ3) is 5.00. The Balaban J connectivity index is 1.45. The average molecular weight is 401 g/mol. The number of hydrogen-bond acceptors (Lipinski definition) is 5.